The summed E-state index contributed by atoms with van der Waals surface area (Å²) in [4.78, 5) is 14.0. The molecule has 5 nitrogen and oxygen atoms in total. The van der Waals surface area contributed by atoms with Crippen LogP contribution in [-0.4, -0.2) is 38.2 Å². The summed E-state index contributed by atoms with van der Waals surface area (Å²) in [5.41, 5.74) is 2.86. The molecule has 0 N–H and O–H groups in total. The molecule has 2 aromatic rings. The maximum atomic E-state index is 11.6. The van der Waals surface area contributed by atoms with Crippen LogP contribution in [0.25, 0.3) is 0 Å². The first-order chi connectivity index (χ1) is 12.6. The fraction of sp³-hybridized carbons (Fsp3) is 0.381. The van der Waals surface area contributed by atoms with Gasteiger partial charge in [0, 0.05) is 24.7 Å². The van der Waals surface area contributed by atoms with E-state index >= 15 is 0 Å². The van der Waals surface area contributed by atoms with Gasteiger partial charge in [-0.3, -0.25) is 4.90 Å². The van der Waals surface area contributed by atoms with Crippen LogP contribution in [0.5, 0.6) is 11.5 Å². The molecule has 0 heterocycles. The number of hydrogen-bond donors (Lipinski definition) is 0. The molecule has 0 spiro atoms. The van der Waals surface area contributed by atoms with Crippen molar-refractivity contribution in [1.82, 2.24) is 4.90 Å². The van der Waals surface area contributed by atoms with E-state index in [0.717, 1.165) is 30.2 Å². The molecule has 0 unspecified atom stereocenters. The molecule has 3 rings (SSSR count). The highest BCUT2D eigenvalue weighted by Gasteiger charge is 2.29. The Labute approximate surface area is 154 Å². The van der Waals surface area contributed by atoms with E-state index in [4.69, 9.17) is 14.2 Å². The minimum absolute atomic E-state index is 0.309. The summed E-state index contributed by atoms with van der Waals surface area (Å²) in [5, 5.41) is 0. The average molecular weight is 355 g/mol. The number of hydrogen-bond acceptors (Lipinski definition) is 5. The second kappa shape index (κ2) is 8.23. The standard InChI is InChI=1S/C21H25NO4/c1-24-19-10-11-20(25-2)17(12-19)14-22(18-8-9-18)13-15-4-6-16(7-5-15)21(23)26-3/h4-7,10-12,18H,8-9,13-14H2,1-3H3. The monoisotopic (exact) mass is 355 g/mol. The second-order valence-electron chi connectivity index (χ2n) is 6.50. The summed E-state index contributed by atoms with van der Waals surface area (Å²) < 4.78 is 15.6. The normalized spacial score (nSPS) is 13.5. The Morgan fingerprint density at radius 2 is 1.73 bits per heavy atom. The lowest BCUT2D eigenvalue weighted by Crippen LogP contribution is -2.25. The summed E-state index contributed by atoms with van der Waals surface area (Å²) >= 11 is 0. The minimum Gasteiger partial charge on any atom is -0.497 e. The van der Waals surface area contributed by atoms with Crippen LogP contribution in [0.2, 0.25) is 0 Å². The Bertz CT molecular complexity index is 753. The number of nitrogens with zero attached hydrogens (tertiary/aromatic N) is 1. The largest absolute Gasteiger partial charge is 0.497 e. The number of rotatable bonds is 8. The molecule has 0 atom stereocenters. The van der Waals surface area contributed by atoms with Crippen LogP contribution < -0.4 is 9.47 Å². The quantitative estimate of drug-likeness (QED) is 0.677. The zero-order valence-corrected chi connectivity index (χ0v) is 15.5. The first-order valence-corrected chi connectivity index (χ1v) is 8.76. The molecule has 0 bridgehead atoms. The SMILES string of the molecule is COC(=O)c1ccc(CN(Cc2cc(OC)ccc2OC)C2CC2)cc1. The van der Waals surface area contributed by atoms with Gasteiger partial charge in [-0.25, -0.2) is 4.79 Å². The summed E-state index contributed by atoms with van der Waals surface area (Å²) in [6.07, 6.45) is 2.43. The summed E-state index contributed by atoms with van der Waals surface area (Å²) in [6, 6.07) is 14.1. The number of carbonyl (C=O) groups is 1. The zero-order chi connectivity index (χ0) is 18.5. The highest BCUT2D eigenvalue weighted by Crippen LogP contribution is 2.33. The molecule has 1 fully saturated rings. The van der Waals surface area contributed by atoms with Gasteiger partial charge in [0.05, 0.1) is 26.9 Å². The zero-order valence-electron chi connectivity index (χ0n) is 15.5. The number of methoxy groups -OCH3 is 3. The lowest BCUT2D eigenvalue weighted by atomic mass is 10.1. The Morgan fingerprint density at radius 1 is 1.00 bits per heavy atom. The van der Waals surface area contributed by atoms with Crippen molar-refractivity contribution in [3.8, 4) is 11.5 Å². The van der Waals surface area contributed by atoms with Gasteiger partial charge >= 0.3 is 5.97 Å². The van der Waals surface area contributed by atoms with Gasteiger partial charge < -0.3 is 14.2 Å². The smallest absolute Gasteiger partial charge is 0.337 e. The summed E-state index contributed by atoms with van der Waals surface area (Å²) in [6.45, 7) is 1.62. The van der Waals surface area contributed by atoms with Crippen molar-refractivity contribution in [3.63, 3.8) is 0 Å². The van der Waals surface area contributed by atoms with Crippen LogP contribution in [0, 0.1) is 0 Å². The number of carbonyl (C=O) groups excluding carboxylic acids is 1. The fourth-order valence-electron chi connectivity index (χ4n) is 3.08. The molecule has 1 aliphatic rings. The maximum Gasteiger partial charge on any atom is 0.337 e. The molecule has 5 heteroatoms. The number of esters is 1. The second-order valence-corrected chi connectivity index (χ2v) is 6.50. The molecule has 0 radical (unpaired) electrons. The van der Waals surface area contributed by atoms with E-state index in [-0.39, 0.29) is 5.97 Å². The number of benzene rings is 2. The van der Waals surface area contributed by atoms with Crippen molar-refractivity contribution in [2.75, 3.05) is 21.3 Å². The lowest BCUT2D eigenvalue weighted by molar-refractivity contribution is 0.0600. The molecule has 1 aliphatic carbocycles. The van der Waals surface area contributed by atoms with E-state index in [0.29, 0.717) is 11.6 Å². The van der Waals surface area contributed by atoms with Gasteiger partial charge in [-0.05, 0) is 48.7 Å². The van der Waals surface area contributed by atoms with Crippen molar-refractivity contribution < 1.29 is 19.0 Å². The maximum absolute atomic E-state index is 11.6. The molecule has 2 aromatic carbocycles. The average Bonchev–Trinajstić information content (AvgIpc) is 3.52. The topological polar surface area (TPSA) is 48.0 Å². The van der Waals surface area contributed by atoms with Crippen LogP contribution in [0.15, 0.2) is 42.5 Å². The van der Waals surface area contributed by atoms with Crippen LogP contribution in [0.1, 0.15) is 34.3 Å². The Morgan fingerprint density at radius 3 is 2.31 bits per heavy atom. The van der Waals surface area contributed by atoms with E-state index in [9.17, 15) is 4.79 Å². The molecule has 26 heavy (non-hydrogen) atoms. The van der Waals surface area contributed by atoms with Crippen molar-refractivity contribution in [1.29, 1.82) is 0 Å². The molecular weight excluding hydrogens is 330 g/mol. The Kier molecular flexibility index (Phi) is 5.78. The van der Waals surface area contributed by atoms with E-state index in [1.54, 1.807) is 14.2 Å². The van der Waals surface area contributed by atoms with Crippen molar-refractivity contribution in [2.45, 2.75) is 32.0 Å². The van der Waals surface area contributed by atoms with Gasteiger partial charge in [0.2, 0.25) is 0 Å². The first kappa shape index (κ1) is 18.3. The molecule has 0 aromatic heterocycles. The van der Waals surface area contributed by atoms with Crippen LogP contribution in [0.3, 0.4) is 0 Å². The van der Waals surface area contributed by atoms with Crippen molar-refractivity contribution in [2.24, 2.45) is 0 Å². The molecule has 0 amide bonds. The third-order valence-electron chi connectivity index (χ3n) is 4.68. The third-order valence-corrected chi connectivity index (χ3v) is 4.68. The van der Waals surface area contributed by atoms with E-state index in [2.05, 4.69) is 4.90 Å². The summed E-state index contributed by atoms with van der Waals surface area (Å²) in [7, 11) is 4.76. The molecule has 138 valence electrons. The van der Waals surface area contributed by atoms with Gasteiger partial charge in [0.1, 0.15) is 11.5 Å². The minimum atomic E-state index is -0.309. The molecule has 0 aliphatic heterocycles. The van der Waals surface area contributed by atoms with Crippen LogP contribution in [-0.2, 0) is 17.8 Å². The van der Waals surface area contributed by atoms with Gasteiger partial charge in [0.15, 0.2) is 0 Å². The predicted octanol–water partition coefficient (Wildman–Crippen LogP) is 3.66. The van der Waals surface area contributed by atoms with Crippen molar-refractivity contribution in [3.05, 3.63) is 59.2 Å². The molecule has 0 saturated heterocycles. The first-order valence-electron chi connectivity index (χ1n) is 8.76. The number of ether oxygens (including phenoxy) is 3. The summed E-state index contributed by atoms with van der Waals surface area (Å²) in [5.74, 6) is 1.40. The fourth-order valence-corrected chi connectivity index (χ4v) is 3.08. The lowest BCUT2D eigenvalue weighted by Gasteiger charge is -2.23. The van der Waals surface area contributed by atoms with E-state index in [1.165, 1.54) is 25.5 Å². The Balaban J connectivity index is 1.75. The van der Waals surface area contributed by atoms with E-state index < -0.39 is 0 Å². The Hall–Kier alpha value is -2.53. The highest BCUT2D eigenvalue weighted by atomic mass is 16.5. The van der Waals surface area contributed by atoms with Crippen LogP contribution in [0.4, 0.5) is 0 Å². The molecular formula is C21H25NO4. The van der Waals surface area contributed by atoms with Gasteiger partial charge in [-0.15, -0.1) is 0 Å². The third kappa shape index (κ3) is 4.35. The van der Waals surface area contributed by atoms with Crippen molar-refractivity contribution >= 4 is 5.97 Å². The van der Waals surface area contributed by atoms with Crippen LogP contribution >= 0.6 is 0 Å². The predicted molar refractivity (Wildman–Crippen MR) is 99.6 cm³/mol. The molecule has 1 saturated carbocycles. The highest BCUT2D eigenvalue weighted by molar-refractivity contribution is 5.89. The van der Waals surface area contributed by atoms with Gasteiger partial charge in [-0.2, -0.15) is 0 Å². The van der Waals surface area contributed by atoms with E-state index in [1.807, 2.05) is 42.5 Å². The van der Waals surface area contributed by atoms with Gasteiger partial charge in [0.25, 0.3) is 0 Å². The van der Waals surface area contributed by atoms with Gasteiger partial charge in [-0.1, -0.05) is 12.1 Å².